The van der Waals surface area contributed by atoms with Crippen LogP contribution < -0.4 is 0 Å². The Bertz CT molecular complexity index is 270. The number of benzene rings is 1. The summed E-state index contributed by atoms with van der Waals surface area (Å²) >= 11 is 3.02. The van der Waals surface area contributed by atoms with Crippen LogP contribution in [0.4, 0.5) is 0 Å². The second-order valence-electron chi connectivity index (χ2n) is 2.96. The molecule has 0 heterocycles. The third kappa shape index (κ3) is 5.91. The van der Waals surface area contributed by atoms with Crippen molar-refractivity contribution >= 4 is 53.3 Å². The van der Waals surface area contributed by atoms with E-state index in [2.05, 4.69) is 0 Å². The summed E-state index contributed by atoms with van der Waals surface area (Å²) in [4.78, 5) is 0. The van der Waals surface area contributed by atoms with Crippen molar-refractivity contribution < 1.29 is 0 Å². The fourth-order valence-electron chi connectivity index (χ4n) is 1.13. The van der Waals surface area contributed by atoms with Gasteiger partial charge in [-0.25, -0.2) is 0 Å². The molecule has 1 aromatic carbocycles. The number of rotatable bonds is 4. The van der Waals surface area contributed by atoms with Crippen molar-refractivity contribution in [3.05, 3.63) is 35.9 Å². The molecule has 0 aliphatic carbocycles. The van der Waals surface area contributed by atoms with E-state index in [0.29, 0.717) is 4.47 Å². The molecule has 0 amide bonds. The van der Waals surface area contributed by atoms with Gasteiger partial charge in [0.05, 0.1) is 0 Å². The summed E-state index contributed by atoms with van der Waals surface area (Å²) in [7, 11) is 17.5. The van der Waals surface area contributed by atoms with Gasteiger partial charge in [0.1, 0.15) is 0 Å². The molecule has 0 aliphatic heterocycles. The van der Waals surface area contributed by atoms with E-state index in [0.717, 1.165) is 6.42 Å². The minimum atomic E-state index is -3.08. The van der Waals surface area contributed by atoms with Crippen LogP contribution in [0.2, 0.25) is 4.47 Å². The van der Waals surface area contributed by atoms with Crippen molar-refractivity contribution in [3.63, 3.8) is 0 Å². The van der Waals surface area contributed by atoms with Gasteiger partial charge in [-0.1, -0.05) is 0 Å². The molecule has 0 spiro atoms. The third-order valence-electron chi connectivity index (χ3n) is 1.67. The fraction of sp³-hybridized carbons (Fsp3) is 0.333. The topological polar surface area (TPSA) is 0 Å². The van der Waals surface area contributed by atoms with Gasteiger partial charge in [0, 0.05) is 0 Å². The zero-order valence-electron chi connectivity index (χ0n) is 7.30. The maximum atomic E-state index is 6.09. The van der Waals surface area contributed by atoms with Gasteiger partial charge >= 0.3 is 105 Å². The molecule has 1 aromatic rings. The van der Waals surface area contributed by atoms with E-state index in [1.165, 1.54) is 5.56 Å². The first-order valence-corrected chi connectivity index (χ1v) is 15.0. The van der Waals surface area contributed by atoms with E-state index in [-0.39, 0.29) is 5.38 Å². The van der Waals surface area contributed by atoms with E-state index in [1.807, 2.05) is 30.3 Å². The summed E-state index contributed by atoms with van der Waals surface area (Å²) in [5.41, 5.74) is 1.18. The van der Waals surface area contributed by atoms with Crippen molar-refractivity contribution in [2.24, 2.45) is 0 Å². The van der Waals surface area contributed by atoms with Crippen molar-refractivity contribution in [3.8, 4) is 0 Å². The Labute approximate surface area is 105 Å². The Morgan fingerprint density at radius 1 is 1.07 bits per heavy atom. The van der Waals surface area contributed by atoms with E-state index in [1.54, 1.807) is 0 Å². The summed E-state index contributed by atoms with van der Waals surface area (Å²) in [5.74, 6) is 0. The average Bonchev–Trinajstić information content (AvgIpc) is 2.02. The van der Waals surface area contributed by atoms with Crippen molar-refractivity contribution in [2.75, 3.05) is 0 Å². The van der Waals surface area contributed by atoms with Crippen LogP contribution in [-0.4, -0.2) is 20.2 Å². The van der Waals surface area contributed by atoms with Gasteiger partial charge in [-0.15, -0.1) is 0 Å². The van der Waals surface area contributed by atoms with Crippen LogP contribution in [0.25, 0.3) is 0 Å². The molecule has 0 saturated heterocycles. The van der Waals surface area contributed by atoms with Gasteiger partial charge < -0.3 is 0 Å². The number of halogens is 4. The van der Waals surface area contributed by atoms with Crippen molar-refractivity contribution in [1.29, 1.82) is 0 Å². The van der Waals surface area contributed by atoms with Gasteiger partial charge in [0.15, 0.2) is 0 Å². The molecule has 0 N–H and O–H groups in total. The number of hydrogen-bond acceptors (Lipinski definition) is 0. The van der Waals surface area contributed by atoms with Gasteiger partial charge in [-0.3, -0.25) is 0 Å². The monoisotopic (exact) mass is 388 g/mol. The second-order valence-corrected chi connectivity index (χ2v) is 21.2. The van der Waals surface area contributed by atoms with E-state index in [9.17, 15) is 0 Å². The van der Waals surface area contributed by atoms with Gasteiger partial charge in [-0.2, -0.15) is 0 Å². The standard InChI is InChI=1S/C9H10Cl4Te/c10-9(7-14(11,12)13)6-8-4-2-1-3-5-8/h1-5,9H,6-7H2. The molecule has 5 heteroatoms. The summed E-state index contributed by atoms with van der Waals surface area (Å²) in [5, 5.41) is -0.0638. The normalized spacial score (nSPS) is 15.1. The molecule has 0 radical (unpaired) electrons. The Morgan fingerprint density at radius 3 is 2.14 bits per heavy atom. The predicted octanol–water partition coefficient (Wildman–Crippen LogP) is 4.49. The molecular weight excluding hydrogens is 378 g/mol. The van der Waals surface area contributed by atoms with Crippen LogP contribution in [0, 0.1) is 0 Å². The van der Waals surface area contributed by atoms with Crippen LogP contribution in [0.15, 0.2) is 30.3 Å². The molecule has 1 unspecified atom stereocenters. The van der Waals surface area contributed by atoms with Crippen molar-refractivity contribution in [1.82, 2.24) is 0 Å². The molecular formula is C9H10Cl4Te. The molecule has 0 aliphatic rings. The first-order chi connectivity index (χ1) is 6.47. The number of alkyl halides is 1. The van der Waals surface area contributed by atoms with Gasteiger partial charge in [-0.05, 0) is 0 Å². The molecule has 0 aromatic heterocycles. The fourth-order valence-corrected chi connectivity index (χ4v) is 8.44. The molecule has 14 heavy (non-hydrogen) atoms. The van der Waals surface area contributed by atoms with E-state index in [4.69, 9.17) is 38.5 Å². The Hall–Kier alpha value is 1.17. The Kier molecular flexibility index (Phi) is 5.71. The molecule has 0 bridgehead atoms. The Morgan fingerprint density at radius 2 is 1.64 bits per heavy atom. The molecule has 80 valence electrons. The third-order valence-corrected chi connectivity index (χ3v) is 7.32. The van der Waals surface area contributed by atoms with Crippen LogP contribution in [0.3, 0.4) is 0 Å². The van der Waals surface area contributed by atoms with E-state index >= 15 is 0 Å². The minimum absolute atomic E-state index is 0.0638. The molecule has 1 atom stereocenters. The SMILES string of the molecule is ClC(Cc1ccccc1)C[Te](Cl)(Cl)Cl. The Balaban J connectivity index is 2.46. The summed E-state index contributed by atoms with van der Waals surface area (Å²) < 4.78 is 0.545. The van der Waals surface area contributed by atoms with Crippen LogP contribution >= 0.6 is 38.5 Å². The van der Waals surface area contributed by atoms with Crippen LogP contribution in [0.1, 0.15) is 5.56 Å². The van der Waals surface area contributed by atoms with Crippen LogP contribution in [-0.2, 0) is 6.42 Å². The van der Waals surface area contributed by atoms with Gasteiger partial charge in [0.25, 0.3) is 0 Å². The molecule has 0 nitrogen and oxygen atoms in total. The predicted molar refractivity (Wildman–Crippen MR) is 67.9 cm³/mol. The summed E-state index contributed by atoms with van der Waals surface area (Å²) in [6, 6.07) is 9.99. The second kappa shape index (κ2) is 6.04. The summed E-state index contributed by atoms with van der Waals surface area (Å²) in [6.45, 7) is 0. The zero-order valence-corrected chi connectivity index (χ0v) is 12.7. The first kappa shape index (κ1) is 13.2. The number of hydrogen-bond donors (Lipinski definition) is 0. The maximum absolute atomic E-state index is 6.09. The van der Waals surface area contributed by atoms with Gasteiger partial charge in [0.2, 0.25) is 0 Å². The zero-order chi connectivity index (χ0) is 10.6. The molecule has 0 fully saturated rings. The van der Waals surface area contributed by atoms with Crippen molar-refractivity contribution in [2.45, 2.75) is 16.3 Å². The van der Waals surface area contributed by atoms with E-state index < -0.39 is 14.8 Å². The average molecular weight is 388 g/mol. The van der Waals surface area contributed by atoms with Crippen LogP contribution in [0.5, 0.6) is 0 Å². The molecule has 1 rings (SSSR count). The summed E-state index contributed by atoms with van der Waals surface area (Å²) in [6.07, 6.45) is 0.766. The first-order valence-electron chi connectivity index (χ1n) is 4.05. The quantitative estimate of drug-likeness (QED) is 0.527. The molecule has 0 saturated carbocycles.